The van der Waals surface area contributed by atoms with Gasteiger partial charge in [0.15, 0.2) is 11.5 Å². The minimum atomic E-state index is -0.385. The van der Waals surface area contributed by atoms with E-state index in [4.69, 9.17) is 13.9 Å². The van der Waals surface area contributed by atoms with E-state index in [0.717, 1.165) is 11.1 Å². The van der Waals surface area contributed by atoms with Gasteiger partial charge in [-0.05, 0) is 36.8 Å². The van der Waals surface area contributed by atoms with E-state index >= 15 is 0 Å². The zero-order valence-electron chi connectivity index (χ0n) is 15.8. The molecule has 28 heavy (non-hydrogen) atoms. The van der Waals surface area contributed by atoms with Gasteiger partial charge in [0.05, 0.1) is 19.5 Å². The maximum absolute atomic E-state index is 12.4. The van der Waals surface area contributed by atoms with Crippen molar-refractivity contribution < 1.29 is 18.7 Å². The number of hydrogen-bond donors (Lipinski definition) is 1. The van der Waals surface area contributed by atoms with Crippen molar-refractivity contribution >= 4 is 17.7 Å². The Kier molecular flexibility index (Phi) is 6.54. The lowest BCUT2D eigenvalue weighted by Crippen LogP contribution is -2.30. The summed E-state index contributed by atoms with van der Waals surface area (Å²) in [7, 11) is 3.16. The van der Waals surface area contributed by atoms with Gasteiger partial charge in [-0.3, -0.25) is 4.79 Å². The van der Waals surface area contributed by atoms with Crippen LogP contribution in [0, 0.1) is 0 Å². The molecule has 0 aliphatic heterocycles. The molecule has 1 atom stereocenters. The summed E-state index contributed by atoms with van der Waals surface area (Å²) in [6.45, 7) is 2.17. The van der Waals surface area contributed by atoms with Crippen LogP contribution in [-0.4, -0.2) is 35.6 Å². The second-order valence-electron chi connectivity index (χ2n) is 5.91. The first kappa shape index (κ1) is 19.8. The fraction of sp³-hybridized carbons (Fsp3) is 0.250. The summed E-state index contributed by atoms with van der Waals surface area (Å²) < 4.78 is 16.1. The number of benzene rings is 2. The van der Waals surface area contributed by atoms with Gasteiger partial charge >= 0.3 is 0 Å². The topological polar surface area (TPSA) is 86.5 Å². The molecular weight excluding hydrogens is 378 g/mol. The molecule has 0 bridgehead atoms. The quantitative estimate of drug-likeness (QED) is 0.580. The van der Waals surface area contributed by atoms with Crippen LogP contribution in [0.25, 0.3) is 11.5 Å². The SMILES string of the molecule is COc1ccc(CNC(=O)[C@H](C)Sc2nnc(-c3ccccc3)o2)cc1OC. The van der Waals surface area contributed by atoms with E-state index in [2.05, 4.69) is 15.5 Å². The van der Waals surface area contributed by atoms with Crippen LogP contribution in [0.1, 0.15) is 12.5 Å². The summed E-state index contributed by atoms with van der Waals surface area (Å²) in [5.41, 5.74) is 1.75. The number of methoxy groups -OCH3 is 2. The molecule has 3 rings (SSSR count). The second kappa shape index (κ2) is 9.27. The van der Waals surface area contributed by atoms with Crippen LogP contribution in [0.2, 0.25) is 0 Å². The zero-order valence-corrected chi connectivity index (χ0v) is 16.7. The molecule has 7 nitrogen and oxygen atoms in total. The number of thioether (sulfide) groups is 1. The van der Waals surface area contributed by atoms with Gasteiger partial charge in [-0.15, -0.1) is 10.2 Å². The molecule has 146 valence electrons. The van der Waals surface area contributed by atoms with Gasteiger partial charge < -0.3 is 19.2 Å². The Bertz CT molecular complexity index is 930. The molecule has 0 radical (unpaired) electrons. The molecular formula is C20H21N3O4S. The number of nitrogens with zero attached hydrogens (tertiary/aromatic N) is 2. The summed E-state index contributed by atoms with van der Waals surface area (Å²) in [5.74, 6) is 1.57. The highest BCUT2D eigenvalue weighted by Gasteiger charge is 2.18. The molecule has 8 heteroatoms. The molecule has 0 saturated heterocycles. The molecule has 0 spiro atoms. The van der Waals surface area contributed by atoms with E-state index in [1.54, 1.807) is 21.1 Å². The van der Waals surface area contributed by atoms with E-state index in [9.17, 15) is 4.79 Å². The molecule has 0 aliphatic carbocycles. The summed E-state index contributed by atoms with van der Waals surface area (Å²) in [4.78, 5) is 12.4. The Morgan fingerprint density at radius 2 is 1.86 bits per heavy atom. The van der Waals surface area contributed by atoms with E-state index < -0.39 is 0 Å². The van der Waals surface area contributed by atoms with Crippen molar-refractivity contribution in [2.75, 3.05) is 14.2 Å². The normalized spacial score (nSPS) is 11.7. The fourth-order valence-corrected chi connectivity index (χ4v) is 3.19. The molecule has 1 N–H and O–H groups in total. The Morgan fingerprint density at radius 1 is 1.11 bits per heavy atom. The van der Waals surface area contributed by atoms with Crippen LogP contribution in [0.4, 0.5) is 0 Å². The molecule has 1 amide bonds. The van der Waals surface area contributed by atoms with Crippen LogP contribution in [-0.2, 0) is 11.3 Å². The van der Waals surface area contributed by atoms with E-state index in [0.29, 0.717) is 29.2 Å². The third-order valence-corrected chi connectivity index (χ3v) is 4.92. The first-order chi connectivity index (χ1) is 13.6. The summed E-state index contributed by atoms with van der Waals surface area (Å²) in [6.07, 6.45) is 0. The first-order valence-corrected chi connectivity index (χ1v) is 9.53. The lowest BCUT2D eigenvalue weighted by atomic mass is 10.2. The molecule has 0 fully saturated rings. The lowest BCUT2D eigenvalue weighted by molar-refractivity contribution is -0.120. The van der Waals surface area contributed by atoms with Crippen molar-refractivity contribution in [1.29, 1.82) is 0 Å². The third kappa shape index (κ3) is 4.83. The number of ether oxygens (including phenoxy) is 2. The van der Waals surface area contributed by atoms with Crippen molar-refractivity contribution in [2.24, 2.45) is 0 Å². The monoisotopic (exact) mass is 399 g/mol. The molecule has 0 saturated carbocycles. The Hall–Kier alpha value is -3.00. The van der Waals surface area contributed by atoms with E-state index in [1.807, 2.05) is 48.5 Å². The lowest BCUT2D eigenvalue weighted by Gasteiger charge is -2.12. The average Bonchev–Trinajstić information content (AvgIpc) is 3.20. The maximum Gasteiger partial charge on any atom is 0.277 e. The Balaban J connectivity index is 1.56. The number of amides is 1. The largest absolute Gasteiger partial charge is 0.493 e. The highest BCUT2D eigenvalue weighted by Crippen LogP contribution is 2.28. The number of nitrogens with one attached hydrogen (secondary N) is 1. The van der Waals surface area contributed by atoms with Crippen LogP contribution >= 0.6 is 11.8 Å². The Labute approximate surface area is 167 Å². The van der Waals surface area contributed by atoms with Crippen molar-refractivity contribution in [3.63, 3.8) is 0 Å². The molecule has 1 aromatic heterocycles. The predicted octanol–water partition coefficient (Wildman–Crippen LogP) is 3.55. The van der Waals surface area contributed by atoms with Crippen LogP contribution in [0.3, 0.4) is 0 Å². The average molecular weight is 399 g/mol. The molecule has 2 aromatic carbocycles. The summed E-state index contributed by atoms with van der Waals surface area (Å²) in [6, 6.07) is 15.0. The van der Waals surface area contributed by atoms with Gasteiger partial charge in [-0.2, -0.15) is 0 Å². The van der Waals surface area contributed by atoms with Crippen LogP contribution < -0.4 is 14.8 Å². The van der Waals surface area contributed by atoms with Gasteiger partial charge in [0.1, 0.15) is 0 Å². The van der Waals surface area contributed by atoms with Crippen molar-refractivity contribution in [1.82, 2.24) is 15.5 Å². The number of carbonyl (C=O) groups excluding carboxylic acids is 1. The molecule has 0 aliphatic rings. The van der Waals surface area contributed by atoms with Crippen LogP contribution in [0.5, 0.6) is 11.5 Å². The minimum absolute atomic E-state index is 0.126. The van der Waals surface area contributed by atoms with E-state index in [-0.39, 0.29) is 11.2 Å². The van der Waals surface area contributed by atoms with Gasteiger partial charge in [-0.1, -0.05) is 36.0 Å². The molecule has 3 aromatic rings. The number of rotatable bonds is 8. The number of hydrogen-bond acceptors (Lipinski definition) is 7. The Morgan fingerprint density at radius 3 is 2.57 bits per heavy atom. The smallest absolute Gasteiger partial charge is 0.277 e. The highest BCUT2D eigenvalue weighted by molar-refractivity contribution is 8.00. The van der Waals surface area contributed by atoms with Crippen molar-refractivity contribution in [3.8, 4) is 23.0 Å². The summed E-state index contributed by atoms with van der Waals surface area (Å²) >= 11 is 1.22. The zero-order chi connectivity index (χ0) is 19.9. The van der Waals surface area contributed by atoms with Gasteiger partial charge in [0.25, 0.3) is 5.22 Å². The van der Waals surface area contributed by atoms with E-state index in [1.165, 1.54) is 11.8 Å². The second-order valence-corrected chi connectivity index (χ2v) is 7.20. The van der Waals surface area contributed by atoms with Gasteiger partial charge in [0, 0.05) is 12.1 Å². The minimum Gasteiger partial charge on any atom is -0.493 e. The van der Waals surface area contributed by atoms with Gasteiger partial charge in [0.2, 0.25) is 11.8 Å². The number of carbonyl (C=O) groups is 1. The van der Waals surface area contributed by atoms with Crippen molar-refractivity contribution in [3.05, 3.63) is 54.1 Å². The standard InChI is InChI=1S/C20H21N3O4S/c1-13(28-20-23-22-19(27-20)15-7-5-4-6-8-15)18(24)21-12-14-9-10-16(25-2)17(11-14)26-3/h4-11,13H,12H2,1-3H3,(H,21,24)/t13-/m0/s1. The van der Waals surface area contributed by atoms with Gasteiger partial charge in [-0.25, -0.2) is 0 Å². The number of aromatic nitrogens is 2. The summed E-state index contributed by atoms with van der Waals surface area (Å²) in [5, 5.41) is 10.9. The first-order valence-electron chi connectivity index (χ1n) is 8.65. The predicted molar refractivity (Wildman–Crippen MR) is 106 cm³/mol. The van der Waals surface area contributed by atoms with Crippen LogP contribution in [0.15, 0.2) is 58.2 Å². The molecule has 1 heterocycles. The highest BCUT2D eigenvalue weighted by atomic mass is 32.2. The third-order valence-electron chi connectivity index (χ3n) is 3.99. The molecule has 0 unspecified atom stereocenters. The fourth-order valence-electron chi connectivity index (χ4n) is 2.48. The van der Waals surface area contributed by atoms with Crippen molar-refractivity contribution in [2.45, 2.75) is 23.9 Å². The maximum atomic E-state index is 12.4.